The summed E-state index contributed by atoms with van der Waals surface area (Å²) in [7, 11) is 0. The Balaban J connectivity index is 0.000000807. The molecule has 0 aromatic carbocycles. The number of nitroso groups, excluding NO2 is 1. The van der Waals surface area contributed by atoms with Crippen LogP contribution >= 0.6 is 0 Å². The zero-order valence-corrected chi connectivity index (χ0v) is 20.3. The van der Waals surface area contributed by atoms with E-state index < -0.39 is 29.4 Å². The van der Waals surface area contributed by atoms with Gasteiger partial charge in [0.1, 0.15) is 12.2 Å². The van der Waals surface area contributed by atoms with Crippen molar-refractivity contribution in [3.63, 3.8) is 0 Å². The highest BCUT2D eigenvalue weighted by Crippen LogP contribution is 2.68. The average molecular weight is 432 g/mol. The predicted octanol–water partition coefficient (Wildman–Crippen LogP) is 5.22. The van der Waals surface area contributed by atoms with Crippen LogP contribution in [0.1, 0.15) is 74.1 Å². The van der Waals surface area contributed by atoms with Gasteiger partial charge < -0.3 is 10.2 Å². The van der Waals surface area contributed by atoms with Crippen LogP contribution in [0.15, 0.2) is 34.7 Å². The molecule has 0 amide bonds. The zero-order valence-electron chi connectivity index (χ0n) is 20.3. The lowest BCUT2D eigenvalue weighted by molar-refractivity contribution is -0.170. The molecule has 0 heterocycles. The van der Waals surface area contributed by atoms with Crippen LogP contribution in [0.5, 0.6) is 0 Å². The van der Waals surface area contributed by atoms with E-state index in [1.54, 1.807) is 0 Å². The smallest absolute Gasteiger partial charge is 0.190 e. The van der Waals surface area contributed by atoms with Gasteiger partial charge in [-0.1, -0.05) is 65.3 Å². The topological polar surface area (TPSA) is 87.0 Å². The maximum absolute atomic E-state index is 12.6. The third-order valence-electron chi connectivity index (χ3n) is 8.63. The molecule has 5 heteroatoms. The number of aliphatic hydroxyl groups excluding tert-OH is 1. The molecule has 3 saturated carbocycles. The SMILES string of the molecule is CC.CC.CC1CC2C3CCC4=CC=C=CC4(C)C3C(N=O)CC2(C)[C@@]1(O)C(=O)CO. The third kappa shape index (κ3) is 3.50. The number of fused-ring (bicyclic) bond motifs is 5. The van der Waals surface area contributed by atoms with Crippen molar-refractivity contribution in [2.45, 2.75) is 85.8 Å². The number of nitrogens with zero attached hydrogens (tertiary/aromatic N) is 1. The summed E-state index contributed by atoms with van der Waals surface area (Å²) in [6.45, 7) is 13.3. The van der Waals surface area contributed by atoms with Crippen molar-refractivity contribution in [3.8, 4) is 0 Å². The second-order valence-corrected chi connectivity index (χ2v) is 9.57. The zero-order chi connectivity index (χ0) is 23.6. The summed E-state index contributed by atoms with van der Waals surface area (Å²) >= 11 is 0. The number of aliphatic hydroxyl groups is 2. The van der Waals surface area contributed by atoms with Crippen LogP contribution in [-0.4, -0.2) is 34.2 Å². The molecule has 174 valence electrons. The molecule has 8 atom stereocenters. The molecular formula is C26H41NO4. The molecule has 0 bridgehead atoms. The van der Waals surface area contributed by atoms with E-state index in [-0.39, 0.29) is 29.1 Å². The molecule has 7 unspecified atom stereocenters. The van der Waals surface area contributed by atoms with E-state index in [0.717, 1.165) is 19.3 Å². The largest absolute Gasteiger partial charge is 0.388 e. The van der Waals surface area contributed by atoms with Crippen molar-refractivity contribution >= 4 is 5.78 Å². The van der Waals surface area contributed by atoms with Crippen LogP contribution in [0, 0.1) is 39.4 Å². The molecule has 0 saturated heterocycles. The standard InChI is InChI=1S/C22H29NO4.2C2H6/c1-13-10-16-15-8-7-14-6-4-5-9-20(14,2)19(15)17(23-27)11-21(16,3)22(13,26)18(25)12-24;2*1-2/h4,6,9,13,15-17,19,24,26H,7-8,10-12H2,1-3H3;2*1-2H3/t13?,15?,16?,17?,19?,20?,21?,22-;;/m0../s1. The third-order valence-corrected chi connectivity index (χ3v) is 8.63. The van der Waals surface area contributed by atoms with E-state index in [1.165, 1.54) is 5.57 Å². The van der Waals surface area contributed by atoms with Crippen molar-refractivity contribution < 1.29 is 15.0 Å². The van der Waals surface area contributed by atoms with Crippen molar-refractivity contribution in [1.29, 1.82) is 0 Å². The first-order valence-electron chi connectivity index (χ1n) is 12.1. The fourth-order valence-corrected chi connectivity index (χ4v) is 7.38. The molecule has 2 N–H and O–H groups in total. The number of allylic oxidation sites excluding steroid dienone is 3. The van der Waals surface area contributed by atoms with Crippen LogP contribution in [0.2, 0.25) is 0 Å². The Kier molecular flexibility index (Phi) is 7.90. The number of carbonyl (C=O) groups excluding carboxylic acids is 1. The van der Waals surface area contributed by atoms with Crippen LogP contribution < -0.4 is 0 Å². The lowest BCUT2D eigenvalue weighted by Crippen LogP contribution is -2.62. The van der Waals surface area contributed by atoms with Gasteiger partial charge in [0, 0.05) is 16.7 Å². The fraction of sp³-hybridized carbons (Fsp3) is 0.769. The van der Waals surface area contributed by atoms with Gasteiger partial charge in [-0.2, -0.15) is 4.91 Å². The Labute approximate surface area is 187 Å². The Morgan fingerprint density at radius 1 is 1.26 bits per heavy atom. The van der Waals surface area contributed by atoms with Gasteiger partial charge >= 0.3 is 0 Å². The first-order valence-corrected chi connectivity index (χ1v) is 12.1. The van der Waals surface area contributed by atoms with Crippen LogP contribution in [0.4, 0.5) is 0 Å². The van der Waals surface area contributed by atoms with Crippen molar-refractivity contribution in [3.05, 3.63) is 34.4 Å². The van der Waals surface area contributed by atoms with Gasteiger partial charge in [-0.25, -0.2) is 0 Å². The minimum Gasteiger partial charge on any atom is -0.388 e. The number of Topliss-reactive ketones (excluding diaryl/α,β-unsaturated/α-hetero) is 1. The maximum Gasteiger partial charge on any atom is 0.190 e. The van der Waals surface area contributed by atoms with Gasteiger partial charge in [-0.05, 0) is 55.6 Å². The summed E-state index contributed by atoms with van der Waals surface area (Å²) in [5.74, 6) is -0.356. The number of carbonyl (C=O) groups is 1. The molecular weight excluding hydrogens is 390 g/mol. The van der Waals surface area contributed by atoms with Crippen LogP contribution in [0.3, 0.4) is 0 Å². The van der Waals surface area contributed by atoms with Gasteiger partial charge in [0.25, 0.3) is 0 Å². The van der Waals surface area contributed by atoms with Crippen molar-refractivity contribution in [1.82, 2.24) is 0 Å². The second-order valence-electron chi connectivity index (χ2n) is 9.57. The minimum atomic E-state index is -1.60. The molecule has 31 heavy (non-hydrogen) atoms. The summed E-state index contributed by atoms with van der Waals surface area (Å²) in [6.07, 6.45) is 9.15. The summed E-state index contributed by atoms with van der Waals surface area (Å²) in [5.41, 5.74) is 1.96. The monoisotopic (exact) mass is 431 g/mol. The van der Waals surface area contributed by atoms with Crippen molar-refractivity contribution in [2.24, 2.45) is 39.7 Å². The highest BCUT2D eigenvalue weighted by atomic mass is 16.3. The molecule has 5 nitrogen and oxygen atoms in total. The number of hydrogen-bond acceptors (Lipinski definition) is 5. The second kappa shape index (κ2) is 9.52. The fourth-order valence-electron chi connectivity index (χ4n) is 7.38. The van der Waals surface area contributed by atoms with E-state index in [1.807, 2.05) is 47.6 Å². The Morgan fingerprint density at radius 2 is 1.90 bits per heavy atom. The van der Waals surface area contributed by atoms with Gasteiger partial charge in [-0.15, -0.1) is 5.73 Å². The lowest BCUT2D eigenvalue weighted by Gasteiger charge is -2.59. The first kappa shape index (κ1) is 25.7. The van der Waals surface area contributed by atoms with Gasteiger partial charge in [0.15, 0.2) is 5.78 Å². The Morgan fingerprint density at radius 3 is 2.48 bits per heavy atom. The normalized spacial score (nSPS) is 44.3. The molecule has 0 aromatic rings. The molecule has 4 aliphatic rings. The molecule has 0 spiro atoms. The summed E-state index contributed by atoms with van der Waals surface area (Å²) < 4.78 is 0. The van der Waals surface area contributed by atoms with E-state index in [4.69, 9.17) is 0 Å². The van der Waals surface area contributed by atoms with E-state index in [2.05, 4.69) is 30.0 Å². The van der Waals surface area contributed by atoms with Gasteiger partial charge in [-0.3, -0.25) is 4.79 Å². The Hall–Kier alpha value is -1.55. The van der Waals surface area contributed by atoms with Gasteiger partial charge in [0.2, 0.25) is 0 Å². The van der Waals surface area contributed by atoms with Crippen LogP contribution in [-0.2, 0) is 4.79 Å². The molecule has 4 aliphatic carbocycles. The summed E-state index contributed by atoms with van der Waals surface area (Å²) in [5, 5.41) is 24.5. The van der Waals surface area contributed by atoms with E-state index >= 15 is 0 Å². The number of ketones is 1. The predicted molar refractivity (Wildman–Crippen MR) is 124 cm³/mol. The highest BCUT2D eigenvalue weighted by Gasteiger charge is 2.70. The highest BCUT2D eigenvalue weighted by molar-refractivity contribution is 5.90. The first-order chi connectivity index (χ1) is 14.7. The number of rotatable bonds is 3. The number of hydrogen-bond donors (Lipinski definition) is 2. The average Bonchev–Trinajstić information content (AvgIpc) is 3.01. The summed E-state index contributed by atoms with van der Waals surface area (Å²) in [6, 6.07) is -0.468. The van der Waals surface area contributed by atoms with E-state index in [9.17, 15) is 19.9 Å². The molecule has 0 radical (unpaired) electrons. The molecule has 0 aliphatic heterocycles. The van der Waals surface area contributed by atoms with Gasteiger partial charge in [0.05, 0.1) is 6.04 Å². The van der Waals surface area contributed by atoms with Crippen LogP contribution in [0.25, 0.3) is 0 Å². The Bertz CT molecular complexity index is 782. The quantitative estimate of drug-likeness (QED) is 0.474. The molecule has 0 aromatic heterocycles. The summed E-state index contributed by atoms with van der Waals surface area (Å²) in [4.78, 5) is 24.6. The van der Waals surface area contributed by atoms with E-state index in [0.29, 0.717) is 6.42 Å². The maximum atomic E-state index is 12.6. The lowest BCUT2D eigenvalue weighted by atomic mass is 9.46. The molecule has 4 rings (SSSR count). The minimum absolute atomic E-state index is 0.0630. The van der Waals surface area contributed by atoms with Crippen molar-refractivity contribution in [2.75, 3.05) is 6.61 Å². The molecule has 3 fully saturated rings.